The molecule has 2 aliphatic heterocycles. The number of nitrogens with zero attached hydrogens (tertiary/aromatic N) is 2. The van der Waals surface area contributed by atoms with Crippen LogP contribution in [0.15, 0.2) is 60.0 Å². The van der Waals surface area contributed by atoms with Gasteiger partial charge in [-0.25, -0.2) is 9.18 Å². The molecule has 38 heavy (non-hydrogen) atoms. The summed E-state index contributed by atoms with van der Waals surface area (Å²) in [7, 11) is 0. The van der Waals surface area contributed by atoms with Crippen LogP contribution in [0.2, 0.25) is 0 Å². The maximum absolute atomic E-state index is 13.8. The van der Waals surface area contributed by atoms with Crippen LogP contribution in [0.1, 0.15) is 36.8 Å². The Balaban J connectivity index is 1.28. The number of hydrogen-bond donors (Lipinski definition) is 2. The average molecular weight is 538 g/mol. The van der Waals surface area contributed by atoms with Gasteiger partial charge in [0.1, 0.15) is 11.5 Å². The summed E-state index contributed by atoms with van der Waals surface area (Å²) in [6.07, 6.45) is 3.89. The summed E-state index contributed by atoms with van der Waals surface area (Å²) >= 11 is 1.29. The second-order valence-corrected chi connectivity index (χ2v) is 10.2. The molecule has 4 rings (SSSR count). The number of allylic oxidation sites excluding steroid dienone is 1. The first-order chi connectivity index (χ1) is 18.3. The Kier molecular flexibility index (Phi) is 9.06. The van der Waals surface area contributed by atoms with Gasteiger partial charge in [-0.2, -0.15) is 14.3 Å². The van der Waals surface area contributed by atoms with E-state index >= 15 is 0 Å². The van der Waals surface area contributed by atoms with Crippen molar-refractivity contribution in [1.29, 1.82) is 0 Å². The minimum atomic E-state index is -0.582. The fourth-order valence-corrected chi connectivity index (χ4v) is 5.21. The van der Waals surface area contributed by atoms with Gasteiger partial charge in [0.25, 0.3) is 5.91 Å². The number of aryl methyl sites for hydroxylation is 1. The highest BCUT2D eigenvalue weighted by molar-refractivity contribution is 8.04. The molecule has 0 saturated carbocycles. The SMILES string of the molecule is Cc1ccc(NC(=O)C[N+]2=C3C=CSC3C(=O)N(CCCCCC(=O)NCc3ccccc3)C2=O)cc1F. The number of halogens is 1. The third-order valence-electron chi connectivity index (χ3n) is 6.36. The topological polar surface area (TPSA) is 98.6 Å². The second kappa shape index (κ2) is 12.6. The van der Waals surface area contributed by atoms with Crippen LogP contribution in [0.4, 0.5) is 14.9 Å². The van der Waals surface area contributed by atoms with E-state index < -0.39 is 23.0 Å². The Hall–Kier alpha value is -3.79. The number of hydrogen-bond acceptors (Lipinski definition) is 5. The van der Waals surface area contributed by atoms with Crippen molar-refractivity contribution in [3.05, 3.63) is 77.0 Å². The first-order valence-electron chi connectivity index (χ1n) is 12.5. The molecule has 2 aromatic rings. The number of thioether (sulfide) groups is 1. The summed E-state index contributed by atoms with van der Waals surface area (Å²) in [6.45, 7) is 2.01. The normalized spacial score (nSPS) is 16.6. The molecule has 0 aliphatic carbocycles. The van der Waals surface area contributed by atoms with Crippen molar-refractivity contribution in [3.8, 4) is 0 Å². The molecule has 8 nitrogen and oxygen atoms in total. The van der Waals surface area contributed by atoms with Crippen LogP contribution in [0.5, 0.6) is 0 Å². The van der Waals surface area contributed by atoms with Gasteiger partial charge >= 0.3 is 11.9 Å². The number of imide groups is 1. The van der Waals surface area contributed by atoms with E-state index in [-0.39, 0.29) is 24.9 Å². The van der Waals surface area contributed by atoms with E-state index in [9.17, 15) is 23.6 Å². The van der Waals surface area contributed by atoms with Crippen molar-refractivity contribution in [1.82, 2.24) is 10.2 Å². The maximum Gasteiger partial charge on any atom is 0.501 e. The van der Waals surface area contributed by atoms with Gasteiger partial charge in [0, 0.05) is 18.7 Å². The van der Waals surface area contributed by atoms with Crippen LogP contribution in [-0.2, 0) is 20.9 Å². The third-order valence-corrected chi connectivity index (χ3v) is 7.37. The largest absolute Gasteiger partial charge is 0.501 e. The molecule has 2 heterocycles. The smallest absolute Gasteiger partial charge is 0.352 e. The number of nitrogens with one attached hydrogen (secondary N) is 2. The molecule has 0 saturated heterocycles. The molecule has 2 aromatic carbocycles. The fourth-order valence-electron chi connectivity index (χ4n) is 4.25. The van der Waals surface area contributed by atoms with Gasteiger partial charge in [-0.05, 0) is 60.9 Å². The molecule has 2 N–H and O–H groups in total. The predicted octanol–water partition coefficient (Wildman–Crippen LogP) is 3.99. The first kappa shape index (κ1) is 27.3. The Morgan fingerprint density at radius 1 is 1.05 bits per heavy atom. The number of fused-ring (bicyclic) bond motifs is 1. The maximum atomic E-state index is 13.8. The lowest BCUT2D eigenvalue weighted by Crippen LogP contribution is -2.56. The van der Waals surface area contributed by atoms with Crippen molar-refractivity contribution < 1.29 is 28.1 Å². The van der Waals surface area contributed by atoms with E-state index in [0.29, 0.717) is 49.2 Å². The van der Waals surface area contributed by atoms with Crippen LogP contribution < -0.4 is 10.6 Å². The van der Waals surface area contributed by atoms with Crippen molar-refractivity contribution in [3.63, 3.8) is 0 Å². The monoisotopic (exact) mass is 537 g/mol. The Morgan fingerprint density at radius 2 is 1.84 bits per heavy atom. The van der Waals surface area contributed by atoms with Gasteiger partial charge < -0.3 is 10.6 Å². The van der Waals surface area contributed by atoms with Crippen LogP contribution in [-0.4, -0.2) is 57.3 Å². The summed E-state index contributed by atoms with van der Waals surface area (Å²) in [5, 5.41) is 6.66. The van der Waals surface area contributed by atoms with E-state index in [1.165, 1.54) is 27.3 Å². The zero-order valence-corrected chi connectivity index (χ0v) is 21.9. The highest BCUT2D eigenvalue weighted by Crippen LogP contribution is 2.28. The molecule has 5 amide bonds. The molecular weight excluding hydrogens is 507 g/mol. The highest BCUT2D eigenvalue weighted by Gasteiger charge is 2.49. The molecule has 0 bridgehead atoms. The van der Waals surface area contributed by atoms with Crippen LogP contribution in [0.25, 0.3) is 0 Å². The number of urea groups is 1. The molecule has 0 aromatic heterocycles. The van der Waals surface area contributed by atoms with Gasteiger partial charge in [-0.3, -0.25) is 9.59 Å². The molecule has 1 unspecified atom stereocenters. The van der Waals surface area contributed by atoms with E-state index in [0.717, 1.165) is 5.56 Å². The van der Waals surface area contributed by atoms with Gasteiger partial charge in [-0.15, -0.1) is 11.8 Å². The predicted molar refractivity (Wildman–Crippen MR) is 144 cm³/mol. The number of amides is 5. The Bertz CT molecular complexity index is 1300. The van der Waals surface area contributed by atoms with Crippen LogP contribution >= 0.6 is 11.8 Å². The first-order valence-corrected chi connectivity index (χ1v) is 13.5. The zero-order chi connectivity index (χ0) is 27.1. The van der Waals surface area contributed by atoms with E-state index in [4.69, 9.17) is 0 Å². The summed E-state index contributed by atoms with van der Waals surface area (Å²) in [4.78, 5) is 52.2. The van der Waals surface area contributed by atoms with E-state index in [1.54, 1.807) is 30.5 Å². The standard InChI is InChI=1S/C28H29FN4O4S/c1-19-11-12-21(16-22(19)29)31-25(35)18-33-23-13-15-38-26(23)27(36)32(28(33)37)14-7-3-6-10-24(34)30-17-20-8-4-2-5-9-20/h2,4-5,8-9,11-13,15-16,26H,3,6-7,10,14,17-18H2,1H3,(H-,30,31,34,35)/p+1. The lowest BCUT2D eigenvalue weighted by molar-refractivity contribution is -0.425. The summed E-state index contributed by atoms with van der Waals surface area (Å²) in [6, 6.07) is 13.5. The van der Waals surface area contributed by atoms with Crippen molar-refractivity contribution in [2.24, 2.45) is 0 Å². The second-order valence-electron chi connectivity index (χ2n) is 9.19. The zero-order valence-electron chi connectivity index (χ0n) is 21.1. The molecule has 2 aliphatic rings. The number of carbonyl (C=O) groups is 4. The van der Waals surface area contributed by atoms with Gasteiger partial charge in [0.2, 0.25) is 5.91 Å². The fraction of sp³-hybridized carbons (Fsp3) is 0.321. The van der Waals surface area contributed by atoms with Crippen molar-refractivity contribution in [2.45, 2.75) is 44.4 Å². The number of unbranched alkanes of at least 4 members (excludes halogenated alkanes) is 2. The molecule has 1 atom stereocenters. The van der Waals surface area contributed by atoms with Gasteiger partial charge in [0.05, 0.1) is 6.54 Å². The summed E-state index contributed by atoms with van der Waals surface area (Å²) in [5.74, 6) is -1.28. The quantitative estimate of drug-likeness (QED) is 0.334. The van der Waals surface area contributed by atoms with E-state index in [1.807, 2.05) is 30.3 Å². The molecule has 0 radical (unpaired) electrons. The average Bonchev–Trinajstić information content (AvgIpc) is 3.40. The number of anilines is 1. The Morgan fingerprint density at radius 3 is 2.61 bits per heavy atom. The molecule has 198 valence electrons. The van der Waals surface area contributed by atoms with Crippen molar-refractivity contribution in [2.75, 3.05) is 18.4 Å². The lowest BCUT2D eigenvalue weighted by Gasteiger charge is -2.24. The van der Waals surface area contributed by atoms with Gasteiger partial charge in [0.15, 0.2) is 11.8 Å². The van der Waals surface area contributed by atoms with E-state index in [2.05, 4.69) is 10.6 Å². The summed E-state index contributed by atoms with van der Waals surface area (Å²) in [5.41, 5.74) is 2.26. The van der Waals surface area contributed by atoms with Crippen LogP contribution in [0, 0.1) is 12.7 Å². The number of benzene rings is 2. The Labute approximate surface area is 225 Å². The number of rotatable bonds is 11. The third kappa shape index (κ3) is 6.74. The summed E-state index contributed by atoms with van der Waals surface area (Å²) < 4.78 is 15.2. The molecule has 0 fully saturated rings. The highest BCUT2D eigenvalue weighted by atomic mass is 32.2. The van der Waals surface area contributed by atoms with Gasteiger partial charge in [-0.1, -0.05) is 36.4 Å². The lowest BCUT2D eigenvalue weighted by atomic mass is 10.1. The molecule has 10 heteroatoms. The minimum Gasteiger partial charge on any atom is -0.352 e. The number of carbonyl (C=O) groups excluding carboxylic acids is 4. The van der Waals surface area contributed by atoms with Crippen LogP contribution in [0.3, 0.4) is 0 Å². The minimum absolute atomic E-state index is 0.0442. The van der Waals surface area contributed by atoms with Crippen molar-refractivity contribution >= 4 is 46.9 Å². The molecule has 0 spiro atoms. The molecular formula is C28H30FN4O4S+.